The van der Waals surface area contributed by atoms with Crippen molar-refractivity contribution >= 4 is 76.3 Å². The molecule has 0 saturated carbocycles. The van der Waals surface area contributed by atoms with E-state index in [0.717, 1.165) is 44.4 Å². The van der Waals surface area contributed by atoms with E-state index >= 15 is 0 Å². The van der Waals surface area contributed by atoms with Crippen LogP contribution in [0.4, 0.5) is 0 Å². The highest BCUT2D eigenvalue weighted by atomic mass is 16.3. The molecule has 3 aromatic heterocycles. The van der Waals surface area contributed by atoms with Crippen LogP contribution in [0.2, 0.25) is 0 Å². The standard InChI is InChI=1S/C52H32N2O/c1-2-13-37(14-3-1)53-47-20-7-4-15-40(47)42-28-24-33(31-49(42)53)34-25-29-43-41-16-5-8-21-48(41)54(50(43)32-34)46-22-10-12-35-30-36(26-27-38(35)46)39-18-11-19-45-44-17-6-9-23-51(44)55-52(39)45/h1-32H. The van der Waals surface area contributed by atoms with Crippen LogP contribution in [0, 0.1) is 0 Å². The van der Waals surface area contributed by atoms with Gasteiger partial charge in [0.2, 0.25) is 0 Å². The first-order chi connectivity index (χ1) is 27.3. The van der Waals surface area contributed by atoms with E-state index < -0.39 is 0 Å². The zero-order chi connectivity index (χ0) is 36.0. The molecule has 0 N–H and O–H groups in total. The number of rotatable bonds is 4. The molecule has 0 fully saturated rings. The summed E-state index contributed by atoms with van der Waals surface area (Å²) in [5, 5.41) is 9.67. The molecule has 0 amide bonds. The van der Waals surface area contributed by atoms with E-state index in [9.17, 15) is 0 Å². The van der Waals surface area contributed by atoms with Gasteiger partial charge in [-0.25, -0.2) is 0 Å². The van der Waals surface area contributed by atoms with Crippen molar-refractivity contribution < 1.29 is 4.42 Å². The minimum absolute atomic E-state index is 0.914. The molecule has 0 radical (unpaired) electrons. The van der Waals surface area contributed by atoms with Crippen molar-refractivity contribution in [3.63, 3.8) is 0 Å². The predicted octanol–water partition coefficient (Wildman–Crippen LogP) is 14.3. The molecule has 55 heavy (non-hydrogen) atoms. The largest absolute Gasteiger partial charge is 0.455 e. The second-order valence-corrected chi connectivity index (χ2v) is 14.5. The van der Waals surface area contributed by atoms with Gasteiger partial charge in [0, 0.05) is 49.0 Å². The van der Waals surface area contributed by atoms with Crippen molar-refractivity contribution in [1.82, 2.24) is 9.13 Å². The molecule has 12 aromatic rings. The minimum atomic E-state index is 0.914. The van der Waals surface area contributed by atoms with Gasteiger partial charge >= 0.3 is 0 Å². The highest BCUT2D eigenvalue weighted by Gasteiger charge is 2.18. The summed E-state index contributed by atoms with van der Waals surface area (Å²) in [7, 11) is 0. The minimum Gasteiger partial charge on any atom is -0.455 e. The summed E-state index contributed by atoms with van der Waals surface area (Å²) in [5.74, 6) is 0. The molecule has 0 atom stereocenters. The highest BCUT2D eigenvalue weighted by molar-refractivity contribution is 6.14. The average molecular weight is 701 g/mol. The Morgan fingerprint density at radius 2 is 0.891 bits per heavy atom. The van der Waals surface area contributed by atoms with Crippen LogP contribution in [0.25, 0.3) is 110 Å². The van der Waals surface area contributed by atoms with Gasteiger partial charge in [-0.2, -0.15) is 0 Å². The summed E-state index contributed by atoms with van der Waals surface area (Å²) in [5.41, 5.74) is 13.6. The van der Waals surface area contributed by atoms with E-state index in [1.807, 2.05) is 12.1 Å². The Morgan fingerprint density at radius 3 is 1.65 bits per heavy atom. The van der Waals surface area contributed by atoms with E-state index in [2.05, 4.69) is 191 Å². The Hall–Kier alpha value is -7.36. The molecule has 9 aromatic carbocycles. The molecule has 0 aliphatic carbocycles. The second-order valence-electron chi connectivity index (χ2n) is 14.5. The molecule has 0 unspecified atom stereocenters. The third-order valence-corrected chi connectivity index (χ3v) is 11.5. The van der Waals surface area contributed by atoms with Crippen LogP contribution < -0.4 is 0 Å². The summed E-state index contributed by atoms with van der Waals surface area (Å²) in [6, 6.07) is 70.3. The molecule has 0 spiro atoms. The highest BCUT2D eigenvalue weighted by Crippen LogP contribution is 2.41. The van der Waals surface area contributed by atoms with Crippen molar-refractivity contribution in [2.24, 2.45) is 0 Å². The molecule has 256 valence electrons. The molecule has 0 aliphatic heterocycles. The molecule has 0 aliphatic rings. The van der Waals surface area contributed by atoms with E-state index in [1.54, 1.807) is 0 Å². The molecular weight excluding hydrogens is 669 g/mol. The third-order valence-electron chi connectivity index (χ3n) is 11.5. The number of para-hydroxylation sites is 5. The monoisotopic (exact) mass is 700 g/mol. The Balaban J connectivity index is 1.05. The van der Waals surface area contributed by atoms with Gasteiger partial charge in [-0.1, -0.05) is 140 Å². The fourth-order valence-electron chi connectivity index (χ4n) is 9.02. The Labute approximate surface area is 316 Å². The number of aromatic nitrogens is 2. The molecule has 12 rings (SSSR count). The van der Waals surface area contributed by atoms with Crippen LogP contribution in [0.3, 0.4) is 0 Å². The SMILES string of the molecule is c1ccc(-n2c3ccccc3c3ccc(-c4ccc5c6ccccc6n(-c6cccc7cc(-c8cccc9c8oc8ccccc89)ccc67)c5c4)cc32)cc1. The predicted molar refractivity (Wildman–Crippen MR) is 231 cm³/mol. The summed E-state index contributed by atoms with van der Waals surface area (Å²) in [6.45, 7) is 0. The van der Waals surface area contributed by atoms with Gasteiger partial charge in [0.15, 0.2) is 0 Å². The zero-order valence-electron chi connectivity index (χ0n) is 29.8. The van der Waals surface area contributed by atoms with Crippen LogP contribution >= 0.6 is 0 Å². The Kier molecular flexibility index (Phi) is 6.34. The summed E-state index contributed by atoms with van der Waals surface area (Å²) in [6.07, 6.45) is 0. The smallest absolute Gasteiger partial charge is 0.143 e. The second kappa shape index (κ2) is 11.6. The fraction of sp³-hybridized carbons (Fsp3) is 0. The lowest BCUT2D eigenvalue weighted by molar-refractivity contribution is 0.670. The van der Waals surface area contributed by atoms with Crippen molar-refractivity contribution in [1.29, 1.82) is 0 Å². The van der Waals surface area contributed by atoms with Crippen molar-refractivity contribution in [3.05, 3.63) is 194 Å². The van der Waals surface area contributed by atoms with E-state index in [-0.39, 0.29) is 0 Å². The van der Waals surface area contributed by atoms with Crippen LogP contribution in [0.5, 0.6) is 0 Å². The maximum Gasteiger partial charge on any atom is 0.143 e. The first-order valence-corrected chi connectivity index (χ1v) is 18.8. The number of hydrogen-bond acceptors (Lipinski definition) is 1. The first-order valence-electron chi connectivity index (χ1n) is 18.8. The van der Waals surface area contributed by atoms with Gasteiger partial charge in [0.1, 0.15) is 11.2 Å². The lowest BCUT2D eigenvalue weighted by atomic mass is 9.98. The fourth-order valence-corrected chi connectivity index (χ4v) is 9.02. The van der Waals surface area contributed by atoms with E-state index in [0.29, 0.717) is 0 Å². The summed E-state index contributed by atoms with van der Waals surface area (Å²) < 4.78 is 11.3. The molecule has 0 saturated heterocycles. The van der Waals surface area contributed by atoms with Crippen molar-refractivity contribution in [3.8, 4) is 33.6 Å². The third kappa shape index (κ3) is 4.44. The van der Waals surface area contributed by atoms with E-state index in [4.69, 9.17) is 4.42 Å². The van der Waals surface area contributed by atoms with Gasteiger partial charge in [0.05, 0.1) is 27.8 Å². The normalized spacial score (nSPS) is 12.0. The topological polar surface area (TPSA) is 23.0 Å². The maximum atomic E-state index is 6.44. The van der Waals surface area contributed by atoms with Crippen LogP contribution in [0.1, 0.15) is 0 Å². The number of benzene rings is 9. The van der Waals surface area contributed by atoms with Crippen LogP contribution in [0.15, 0.2) is 199 Å². The lowest BCUT2D eigenvalue weighted by Gasteiger charge is -2.14. The molecular formula is C52H32N2O. The van der Waals surface area contributed by atoms with Crippen LogP contribution in [-0.4, -0.2) is 9.13 Å². The Bertz CT molecular complexity index is 3490. The molecule has 0 bridgehead atoms. The van der Waals surface area contributed by atoms with E-state index in [1.165, 1.54) is 65.5 Å². The average Bonchev–Trinajstić information content (AvgIpc) is 3.91. The molecule has 3 heterocycles. The zero-order valence-corrected chi connectivity index (χ0v) is 29.8. The van der Waals surface area contributed by atoms with Gasteiger partial charge in [-0.15, -0.1) is 0 Å². The number of hydrogen-bond donors (Lipinski definition) is 0. The Morgan fingerprint density at radius 1 is 0.327 bits per heavy atom. The maximum absolute atomic E-state index is 6.44. The number of nitrogens with zero attached hydrogens (tertiary/aromatic N) is 2. The molecule has 3 heteroatoms. The van der Waals surface area contributed by atoms with Gasteiger partial charge in [-0.05, 0) is 76.7 Å². The first kappa shape index (κ1) is 30.1. The summed E-state index contributed by atoms with van der Waals surface area (Å²) >= 11 is 0. The van der Waals surface area contributed by atoms with Crippen molar-refractivity contribution in [2.75, 3.05) is 0 Å². The summed E-state index contributed by atoms with van der Waals surface area (Å²) in [4.78, 5) is 0. The van der Waals surface area contributed by atoms with Gasteiger partial charge in [-0.3, -0.25) is 0 Å². The quantitative estimate of drug-likeness (QED) is 0.179. The van der Waals surface area contributed by atoms with Crippen LogP contribution in [-0.2, 0) is 0 Å². The lowest BCUT2D eigenvalue weighted by Crippen LogP contribution is -1.96. The number of furan rings is 1. The van der Waals surface area contributed by atoms with Crippen molar-refractivity contribution in [2.45, 2.75) is 0 Å². The van der Waals surface area contributed by atoms with Gasteiger partial charge < -0.3 is 13.6 Å². The number of fused-ring (bicyclic) bond motifs is 10. The molecule has 3 nitrogen and oxygen atoms in total. The van der Waals surface area contributed by atoms with Gasteiger partial charge in [0.25, 0.3) is 0 Å².